The van der Waals surface area contributed by atoms with Crippen LogP contribution in [0.5, 0.6) is 0 Å². The molecule has 0 radical (unpaired) electrons. The summed E-state index contributed by atoms with van der Waals surface area (Å²) in [6, 6.07) is 6.06. The maximum absolute atomic E-state index is 12.5. The van der Waals surface area contributed by atoms with E-state index in [1.165, 1.54) is 12.1 Å². The highest BCUT2D eigenvalue weighted by Crippen LogP contribution is 2.22. The van der Waals surface area contributed by atoms with E-state index in [-0.39, 0.29) is 22.5 Å². The van der Waals surface area contributed by atoms with Gasteiger partial charge in [-0.3, -0.25) is 4.79 Å². The molecule has 6 heteroatoms. The van der Waals surface area contributed by atoms with Crippen LogP contribution in [0.15, 0.2) is 29.2 Å². The zero-order valence-electron chi connectivity index (χ0n) is 12.8. The first-order valence-corrected chi connectivity index (χ1v) is 8.75. The van der Waals surface area contributed by atoms with E-state index in [9.17, 15) is 13.2 Å². The van der Waals surface area contributed by atoms with Crippen molar-refractivity contribution in [2.45, 2.75) is 37.4 Å². The predicted octanol–water partition coefficient (Wildman–Crippen LogP) is 1.73. The molecule has 1 unspecified atom stereocenters. The maximum atomic E-state index is 12.5. The molecular formula is C15H21NO4S. The van der Waals surface area contributed by atoms with Gasteiger partial charge in [-0.15, -0.1) is 0 Å². The lowest BCUT2D eigenvalue weighted by Crippen LogP contribution is -2.53. The molecule has 2 rings (SSSR count). The number of morpholine rings is 1. The van der Waals surface area contributed by atoms with Crippen LogP contribution in [0.2, 0.25) is 0 Å². The van der Waals surface area contributed by atoms with Crippen molar-refractivity contribution < 1.29 is 17.9 Å². The highest BCUT2D eigenvalue weighted by Gasteiger charge is 2.34. The molecule has 1 fully saturated rings. The van der Waals surface area contributed by atoms with Crippen LogP contribution in [0, 0.1) is 0 Å². The second-order valence-corrected chi connectivity index (χ2v) is 8.19. The van der Waals surface area contributed by atoms with Crippen molar-refractivity contribution in [3.05, 3.63) is 29.8 Å². The standard InChI is InChI=1S/C15H21NO4S/c1-11-9-16(10-15(2,3)20-11)14(17)12-5-7-13(8-6-12)21(4,18)19/h5-8,11H,9-10H2,1-4H3. The molecule has 1 atom stereocenters. The first-order valence-electron chi connectivity index (χ1n) is 6.86. The fourth-order valence-electron chi connectivity index (χ4n) is 2.64. The fraction of sp³-hybridized carbons (Fsp3) is 0.533. The van der Waals surface area contributed by atoms with E-state index in [0.29, 0.717) is 18.7 Å². The molecule has 1 saturated heterocycles. The number of carbonyl (C=O) groups excluding carboxylic acids is 1. The van der Waals surface area contributed by atoms with Crippen LogP contribution in [-0.2, 0) is 14.6 Å². The van der Waals surface area contributed by atoms with E-state index in [2.05, 4.69) is 0 Å². The quantitative estimate of drug-likeness (QED) is 0.834. The van der Waals surface area contributed by atoms with Gasteiger partial charge < -0.3 is 9.64 Å². The molecule has 0 saturated carbocycles. The monoisotopic (exact) mass is 311 g/mol. The molecule has 1 amide bonds. The minimum Gasteiger partial charge on any atom is -0.369 e. The van der Waals surface area contributed by atoms with Crippen LogP contribution in [0.1, 0.15) is 31.1 Å². The van der Waals surface area contributed by atoms with Crippen molar-refractivity contribution in [2.24, 2.45) is 0 Å². The summed E-state index contributed by atoms with van der Waals surface area (Å²) < 4.78 is 28.6. The SMILES string of the molecule is CC1CN(C(=O)c2ccc(S(C)(=O)=O)cc2)CC(C)(C)O1. The highest BCUT2D eigenvalue weighted by atomic mass is 32.2. The molecule has 0 spiro atoms. The van der Waals surface area contributed by atoms with E-state index < -0.39 is 9.84 Å². The second kappa shape index (κ2) is 5.42. The molecule has 1 aromatic carbocycles. The number of nitrogens with zero attached hydrogens (tertiary/aromatic N) is 1. The first kappa shape index (κ1) is 16.0. The van der Waals surface area contributed by atoms with Gasteiger partial charge in [-0.25, -0.2) is 8.42 Å². The Morgan fingerprint density at radius 2 is 1.86 bits per heavy atom. The van der Waals surface area contributed by atoms with Crippen molar-refractivity contribution in [3.63, 3.8) is 0 Å². The molecule has 0 aliphatic carbocycles. The molecule has 1 aromatic rings. The third-order valence-electron chi connectivity index (χ3n) is 3.39. The Hall–Kier alpha value is -1.40. The van der Waals surface area contributed by atoms with Crippen LogP contribution in [0.4, 0.5) is 0 Å². The molecule has 1 aliphatic heterocycles. The lowest BCUT2D eigenvalue weighted by Gasteiger charge is -2.41. The lowest BCUT2D eigenvalue weighted by atomic mass is 10.0. The predicted molar refractivity (Wildman–Crippen MR) is 80.1 cm³/mol. The summed E-state index contributed by atoms with van der Waals surface area (Å²) >= 11 is 0. The van der Waals surface area contributed by atoms with Crippen molar-refractivity contribution >= 4 is 15.7 Å². The average Bonchev–Trinajstić information content (AvgIpc) is 2.34. The van der Waals surface area contributed by atoms with E-state index in [0.717, 1.165) is 6.26 Å². The Morgan fingerprint density at radius 3 is 2.33 bits per heavy atom. The number of sulfone groups is 1. The van der Waals surface area contributed by atoms with Gasteiger partial charge in [0.05, 0.1) is 16.6 Å². The fourth-order valence-corrected chi connectivity index (χ4v) is 3.27. The van der Waals surface area contributed by atoms with E-state index in [1.807, 2.05) is 20.8 Å². The van der Waals surface area contributed by atoms with Crippen molar-refractivity contribution in [1.82, 2.24) is 4.90 Å². The Kier molecular flexibility index (Phi) is 4.13. The van der Waals surface area contributed by atoms with E-state index >= 15 is 0 Å². The topological polar surface area (TPSA) is 63.7 Å². The van der Waals surface area contributed by atoms with Crippen LogP contribution < -0.4 is 0 Å². The van der Waals surface area contributed by atoms with E-state index in [4.69, 9.17) is 4.74 Å². The molecule has 0 aromatic heterocycles. The van der Waals surface area contributed by atoms with Crippen molar-refractivity contribution in [3.8, 4) is 0 Å². The lowest BCUT2D eigenvalue weighted by molar-refractivity contribution is -0.118. The highest BCUT2D eigenvalue weighted by molar-refractivity contribution is 7.90. The molecule has 1 aliphatic rings. The number of rotatable bonds is 2. The van der Waals surface area contributed by atoms with Crippen LogP contribution in [0.25, 0.3) is 0 Å². The molecular weight excluding hydrogens is 290 g/mol. The average molecular weight is 311 g/mol. The van der Waals surface area contributed by atoms with Crippen LogP contribution in [0.3, 0.4) is 0 Å². The molecule has 0 N–H and O–H groups in total. The van der Waals surface area contributed by atoms with E-state index in [1.54, 1.807) is 17.0 Å². The minimum absolute atomic E-state index is 0.0204. The summed E-state index contributed by atoms with van der Waals surface area (Å²) in [6.45, 7) is 6.90. The van der Waals surface area contributed by atoms with Gasteiger partial charge >= 0.3 is 0 Å². The van der Waals surface area contributed by atoms with Gasteiger partial charge in [0, 0.05) is 24.9 Å². The van der Waals surface area contributed by atoms with Gasteiger partial charge in [0.2, 0.25) is 0 Å². The van der Waals surface area contributed by atoms with Gasteiger partial charge in [-0.05, 0) is 45.0 Å². The van der Waals surface area contributed by atoms with Crippen LogP contribution in [-0.4, -0.2) is 50.3 Å². The van der Waals surface area contributed by atoms with Gasteiger partial charge in [-0.1, -0.05) is 0 Å². The normalized spacial score (nSPS) is 22.1. The third-order valence-corrected chi connectivity index (χ3v) is 4.51. The summed E-state index contributed by atoms with van der Waals surface area (Å²) in [4.78, 5) is 14.5. The molecule has 21 heavy (non-hydrogen) atoms. The number of ether oxygens (including phenoxy) is 1. The molecule has 1 heterocycles. The largest absolute Gasteiger partial charge is 0.369 e. The molecule has 5 nitrogen and oxygen atoms in total. The van der Waals surface area contributed by atoms with Gasteiger partial charge in [0.25, 0.3) is 5.91 Å². The van der Waals surface area contributed by atoms with Crippen LogP contribution >= 0.6 is 0 Å². The Labute approximate surface area is 125 Å². The number of hydrogen-bond donors (Lipinski definition) is 0. The zero-order valence-corrected chi connectivity index (χ0v) is 13.6. The number of benzene rings is 1. The summed E-state index contributed by atoms with van der Waals surface area (Å²) in [5, 5.41) is 0. The van der Waals surface area contributed by atoms with Gasteiger partial charge in [0.1, 0.15) is 0 Å². The molecule has 0 bridgehead atoms. The summed E-state index contributed by atoms with van der Waals surface area (Å²) in [7, 11) is -3.24. The van der Waals surface area contributed by atoms with Crippen molar-refractivity contribution in [2.75, 3.05) is 19.3 Å². The summed E-state index contributed by atoms with van der Waals surface area (Å²) in [6.07, 6.45) is 1.13. The maximum Gasteiger partial charge on any atom is 0.254 e. The zero-order chi connectivity index (χ0) is 15.8. The number of amides is 1. The Balaban J connectivity index is 2.20. The number of carbonyl (C=O) groups is 1. The Bertz CT molecular complexity index is 634. The summed E-state index contributed by atoms with van der Waals surface area (Å²) in [5.41, 5.74) is 0.118. The summed E-state index contributed by atoms with van der Waals surface area (Å²) in [5.74, 6) is -0.0988. The smallest absolute Gasteiger partial charge is 0.254 e. The molecule has 116 valence electrons. The van der Waals surface area contributed by atoms with Crippen molar-refractivity contribution in [1.29, 1.82) is 0 Å². The second-order valence-electron chi connectivity index (χ2n) is 6.17. The van der Waals surface area contributed by atoms with Gasteiger partial charge in [0.15, 0.2) is 9.84 Å². The number of hydrogen-bond acceptors (Lipinski definition) is 4. The first-order chi connectivity index (χ1) is 9.58. The minimum atomic E-state index is -3.24. The third kappa shape index (κ3) is 3.83. The van der Waals surface area contributed by atoms with Gasteiger partial charge in [-0.2, -0.15) is 0 Å². The Morgan fingerprint density at radius 1 is 1.29 bits per heavy atom.